The van der Waals surface area contributed by atoms with Gasteiger partial charge < -0.3 is 10.5 Å². The van der Waals surface area contributed by atoms with Crippen molar-refractivity contribution in [2.45, 2.75) is 6.92 Å². The van der Waals surface area contributed by atoms with E-state index in [2.05, 4.69) is 14.1 Å². The maximum absolute atomic E-state index is 10.9. The molecule has 1 aromatic rings. The van der Waals surface area contributed by atoms with Crippen molar-refractivity contribution in [3.63, 3.8) is 0 Å². The summed E-state index contributed by atoms with van der Waals surface area (Å²) in [6.07, 6.45) is 0. The van der Waals surface area contributed by atoms with Gasteiger partial charge in [0.15, 0.2) is 5.13 Å². The van der Waals surface area contributed by atoms with Crippen molar-refractivity contribution in [2.75, 3.05) is 12.3 Å². The average Bonchev–Trinajstić information content (AvgIpc) is 2.36. The molecule has 11 heavy (non-hydrogen) atoms. The highest BCUT2D eigenvalue weighted by Gasteiger charge is 2.11. The molecule has 0 radical (unpaired) electrons. The van der Waals surface area contributed by atoms with Gasteiger partial charge in [-0.15, -0.1) is 0 Å². The maximum atomic E-state index is 10.9. The molecule has 1 heterocycles. The molecule has 0 atom stereocenters. The van der Waals surface area contributed by atoms with Crippen LogP contribution in [0, 0.1) is 0 Å². The Balaban J connectivity index is 2.69. The minimum atomic E-state index is -0.527. The van der Waals surface area contributed by atoms with E-state index in [-0.39, 0.29) is 11.0 Å². The van der Waals surface area contributed by atoms with Crippen LogP contribution < -0.4 is 5.73 Å². The molecule has 0 aromatic carbocycles. The molecule has 0 saturated carbocycles. The summed E-state index contributed by atoms with van der Waals surface area (Å²) in [6, 6.07) is 0. The van der Waals surface area contributed by atoms with Crippen LogP contribution in [-0.4, -0.2) is 21.9 Å². The fourth-order valence-electron chi connectivity index (χ4n) is 0.514. The number of esters is 1. The number of aromatic nitrogens is 2. The Morgan fingerprint density at radius 3 is 3.00 bits per heavy atom. The summed E-state index contributed by atoms with van der Waals surface area (Å²) in [4.78, 5) is 14.5. The van der Waals surface area contributed by atoms with Crippen LogP contribution >= 0.6 is 11.5 Å². The van der Waals surface area contributed by atoms with Crippen LogP contribution in [0.5, 0.6) is 0 Å². The summed E-state index contributed by atoms with van der Waals surface area (Å²) < 4.78 is 8.29. The predicted molar refractivity (Wildman–Crippen MR) is 40.3 cm³/mol. The van der Waals surface area contributed by atoms with Gasteiger partial charge in [0.1, 0.15) is 0 Å². The minimum Gasteiger partial charge on any atom is -0.460 e. The van der Waals surface area contributed by atoms with Gasteiger partial charge in [-0.25, -0.2) is 4.79 Å². The monoisotopic (exact) mass is 173 g/mol. The lowest BCUT2D eigenvalue weighted by Crippen LogP contribution is -2.06. The number of rotatable bonds is 2. The first kappa shape index (κ1) is 7.93. The average molecular weight is 173 g/mol. The molecule has 0 aliphatic carbocycles. The summed E-state index contributed by atoms with van der Waals surface area (Å²) in [5, 5.41) is 0.271. The van der Waals surface area contributed by atoms with E-state index in [1.54, 1.807) is 6.92 Å². The molecule has 0 saturated heterocycles. The molecule has 0 amide bonds. The molecule has 1 rings (SSSR count). The molecule has 0 bridgehead atoms. The topological polar surface area (TPSA) is 78.1 Å². The summed E-state index contributed by atoms with van der Waals surface area (Å²) >= 11 is 0.974. The third-order valence-corrected chi connectivity index (χ3v) is 1.44. The van der Waals surface area contributed by atoms with E-state index in [0.29, 0.717) is 6.61 Å². The zero-order chi connectivity index (χ0) is 8.27. The predicted octanol–water partition coefficient (Wildman–Crippen LogP) is 0.297. The van der Waals surface area contributed by atoms with Crippen molar-refractivity contribution in [1.29, 1.82) is 0 Å². The Labute approximate surface area is 67.4 Å². The number of nitrogen functional groups attached to an aromatic ring is 1. The number of hydrogen-bond acceptors (Lipinski definition) is 6. The van der Waals surface area contributed by atoms with Gasteiger partial charge in [0.2, 0.25) is 0 Å². The second-order valence-corrected chi connectivity index (χ2v) is 2.46. The lowest BCUT2D eigenvalue weighted by molar-refractivity contribution is 0.0514. The zero-order valence-corrected chi connectivity index (χ0v) is 6.72. The van der Waals surface area contributed by atoms with Crippen LogP contribution in [0.1, 0.15) is 17.5 Å². The summed E-state index contributed by atoms with van der Waals surface area (Å²) in [5.41, 5.74) is 5.25. The first-order valence-electron chi connectivity index (χ1n) is 3.00. The third-order valence-electron chi connectivity index (χ3n) is 0.900. The zero-order valence-electron chi connectivity index (χ0n) is 5.90. The molecule has 0 aliphatic heterocycles. The highest BCUT2D eigenvalue weighted by molar-refractivity contribution is 7.09. The van der Waals surface area contributed by atoms with Crippen molar-refractivity contribution in [3.8, 4) is 0 Å². The molecule has 5 nitrogen and oxygen atoms in total. The van der Waals surface area contributed by atoms with E-state index in [4.69, 9.17) is 5.73 Å². The second kappa shape index (κ2) is 3.29. The van der Waals surface area contributed by atoms with E-state index in [9.17, 15) is 4.79 Å². The van der Waals surface area contributed by atoms with Crippen LogP contribution in [0.25, 0.3) is 0 Å². The third kappa shape index (κ3) is 1.87. The van der Waals surface area contributed by atoms with Gasteiger partial charge in [-0.3, -0.25) is 0 Å². The van der Waals surface area contributed by atoms with Crippen LogP contribution in [0.2, 0.25) is 0 Å². The standard InChI is InChI=1S/C5H7N3O2S/c1-2-10-4(9)3-7-5(6)11-8-3/h2H2,1H3,(H2,6,7,8). The Bertz CT molecular complexity index is 260. The van der Waals surface area contributed by atoms with Gasteiger partial charge in [0.05, 0.1) is 6.61 Å². The Morgan fingerprint density at radius 2 is 2.55 bits per heavy atom. The largest absolute Gasteiger partial charge is 0.460 e. The number of nitrogens with two attached hydrogens (primary N) is 1. The van der Waals surface area contributed by atoms with E-state index in [1.165, 1.54) is 0 Å². The summed E-state index contributed by atoms with van der Waals surface area (Å²) in [5.74, 6) is -0.491. The molecule has 0 aliphatic rings. The molecule has 60 valence electrons. The smallest absolute Gasteiger partial charge is 0.377 e. The van der Waals surface area contributed by atoms with Crippen molar-refractivity contribution < 1.29 is 9.53 Å². The van der Waals surface area contributed by atoms with Gasteiger partial charge in [0.25, 0.3) is 5.82 Å². The lowest BCUT2D eigenvalue weighted by atomic mass is 10.6. The fourth-order valence-corrected chi connectivity index (χ4v) is 0.936. The Kier molecular flexibility index (Phi) is 2.37. The molecule has 0 unspecified atom stereocenters. The number of hydrogen-bond donors (Lipinski definition) is 1. The van der Waals surface area contributed by atoms with E-state index >= 15 is 0 Å². The van der Waals surface area contributed by atoms with Crippen LogP contribution in [-0.2, 0) is 4.74 Å². The number of carbonyl (C=O) groups is 1. The SMILES string of the molecule is CCOC(=O)c1nsc(N)n1. The van der Waals surface area contributed by atoms with Gasteiger partial charge in [-0.05, 0) is 6.92 Å². The van der Waals surface area contributed by atoms with Gasteiger partial charge in [0, 0.05) is 11.5 Å². The van der Waals surface area contributed by atoms with E-state index < -0.39 is 5.97 Å². The van der Waals surface area contributed by atoms with Gasteiger partial charge in [-0.2, -0.15) is 9.36 Å². The normalized spacial score (nSPS) is 9.55. The minimum absolute atomic E-state index is 0.0364. The van der Waals surface area contributed by atoms with E-state index in [1.807, 2.05) is 0 Å². The fraction of sp³-hybridized carbons (Fsp3) is 0.400. The van der Waals surface area contributed by atoms with Crippen LogP contribution in [0.4, 0.5) is 5.13 Å². The lowest BCUT2D eigenvalue weighted by Gasteiger charge is -1.93. The Hall–Kier alpha value is -1.17. The Morgan fingerprint density at radius 1 is 1.82 bits per heavy atom. The molecular formula is C5H7N3O2S. The van der Waals surface area contributed by atoms with Crippen molar-refractivity contribution in [2.24, 2.45) is 0 Å². The van der Waals surface area contributed by atoms with Crippen molar-refractivity contribution >= 4 is 22.6 Å². The van der Waals surface area contributed by atoms with Crippen molar-refractivity contribution in [3.05, 3.63) is 5.82 Å². The molecule has 0 fully saturated rings. The molecule has 1 aromatic heterocycles. The summed E-state index contributed by atoms with van der Waals surface area (Å²) in [6.45, 7) is 2.03. The van der Waals surface area contributed by atoms with Crippen molar-refractivity contribution in [1.82, 2.24) is 9.36 Å². The van der Waals surface area contributed by atoms with Gasteiger partial charge >= 0.3 is 5.97 Å². The number of anilines is 1. The van der Waals surface area contributed by atoms with Crippen LogP contribution in [0.3, 0.4) is 0 Å². The highest BCUT2D eigenvalue weighted by atomic mass is 32.1. The first-order valence-corrected chi connectivity index (χ1v) is 3.77. The molecule has 0 spiro atoms. The quantitative estimate of drug-likeness (QED) is 0.650. The molecular weight excluding hydrogens is 166 g/mol. The molecule has 6 heteroatoms. The second-order valence-electron chi connectivity index (χ2n) is 1.68. The highest BCUT2D eigenvalue weighted by Crippen LogP contribution is 2.06. The molecule has 2 N–H and O–H groups in total. The number of carbonyl (C=O) groups excluding carboxylic acids is 1. The summed E-state index contributed by atoms with van der Waals surface area (Å²) in [7, 11) is 0. The van der Waals surface area contributed by atoms with Crippen LogP contribution in [0.15, 0.2) is 0 Å². The maximum Gasteiger partial charge on any atom is 0.377 e. The first-order chi connectivity index (χ1) is 5.24. The number of ether oxygens (including phenoxy) is 1. The number of nitrogens with zero attached hydrogens (tertiary/aromatic N) is 2. The van der Waals surface area contributed by atoms with Gasteiger partial charge in [-0.1, -0.05) is 0 Å². The van der Waals surface area contributed by atoms with E-state index in [0.717, 1.165) is 11.5 Å².